The fourth-order valence-corrected chi connectivity index (χ4v) is 2.77. The first-order valence-corrected chi connectivity index (χ1v) is 7.80. The normalized spacial score (nSPS) is 14.2. The van der Waals surface area contributed by atoms with Crippen molar-refractivity contribution in [2.45, 2.75) is 58.9 Å². The summed E-state index contributed by atoms with van der Waals surface area (Å²) in [6.45, 7) is 7.19. The van der Waals surface area contributed by atoms with Gasteiger partial charge in [-0.25, -0.2) is 8.78 Å². The number of rotatable bonds is 9. The van der Waals surface area contributed by atoms with Gasteiger partial charge in [0, 0.05) is 11.6 Å². The maximum absolute atomic E-state index is 13.8. The second-order valence-corrected chi connectivity index (χ2v) is 5.38. The van der Waals surface area contributed by atoms with Crippen LogP contribution in [0.3, 0.4) is 0 Å². The molecule has 114 valence electrons. The van der Waals surface area contributed by atoms with E-state index in [1.54, 1.807) is 0 Å². The van der Waals surface area contributed by atoms with Crippen LogP contribution in [0, 0.1) is 17.6 Å². The first-order valence-electron chi connectivity index (χ1n) is 7.80. The van der Waals surface area contributed by atoms with Crippen molar-refractivity contribution in [3.05, 3.63) is 35.4 Å². The molecule has 0 amide bonds. The molecule has 0 heterocycles. The lowest BCUT2D eigenvalue weighted by atomic mass is 9.87. The maximum Gasteiger partial charge on any atom is 0.129 e. The van der Waals surface area contributed by atoms with Crippen LogP contribution in [-0.2, 0) is 6.42 Å². The first kappa shape index (κ1) is 17.1. The minimum atomic E-state index is -0.432. The smallest absolute Gasteiger partial charge is 0.129 e. The number of unbranched alkanes of at least 4 members (excludes halogenated alkanes) is 1. The second-order valence-electron chi connectivity index (χ2n) is 5.38. The molecule has 2 unspecified atom stereocenters. The Balaban J connectivity index is 2.84. The first-order chi connectivity index (χ1) is 9.63. The van der Waals surface area contributed by atoms with Crippen molar-refractivity contribution < 1.29 is 8.78 Å². The molecule has 20 heavy (non-hydrogen) atoms. The SMILES string of the molecule is CCCCC(CC)C(Cc1c(F)cccc1F)NCC. The zero-order valence-corrected chi connectivity index (χ0v) is 12.9. The average Bonchev–Trinajstić information content (AvgIpc) is 2.43. The number of halogens is 2. The lowest BCUT2D eigenvalue weighted by molar-refractivity contribution is 0.314. The molecule has 2 atom stereocenters. The Kier molecular flexibility index (Phi) is 7.75. The lowest BCUT2D eigenvalue weighted by Crippen LogP contribution is -2.38. The van der Waals surface area contributed by atoms with Crippen molar-refractivity contribution in [1.29, 1.82) is 0 Å². The van der Waals surface area contributed by atoms with Crippen molar-refractivity contribution in [1.82, 2.24) is 5.32 Å². The van der Waals surface area contributed by atoms with E-state index in [1.165, 1.54) is 24.6 Å². The molecule has 0 fully saturated rings. The molecule has 0 aliphatic rings. The van der Waals surface area contributed by atoms with Crippen molar-refractivity contribution >= 4 is 0 Å². The molecule has 0 aliphatic carbocycles. The van der Waals surface area contributed by atoms with Gasteiger partial charge in [-0.3, -0.25) is 0 Å². The summed E-state index contributed by atoms with van der Waals surface area (Å²) in [4.78, 5) is 0. The Hall–Kier alpha value is -0.960. The Bertz CT molecular complexity index is 372. The summed E-state index contributed by atoms with van der Waals surface area (Å²) in [7, 11) is 0. The topological polar surface area (TPSA) is 12.0 Å². The predicted octanol–water partition coefficient (Wildman–Crippen LogP) is 4.70. The third-order valence-corrected chi connectivity index (χ3v) is 3.97. The van der Waals surface area contributed by atoms with Crippen LogP contribution < -0.4 is 5.32 Å². The molecule has 1 aromatic carbocycles. The van der Waals surface area contributed by atoms with Gasteiger partial charge >= 0.3 is 0 Å². The molecule has 0 radical (unpaired) electrons. The summed E-state index contributed by atoms with van der Waals surface area (Å²) in [6.07, 6.45) is 4.90. The molecule has 3 heteroatoms. The van der Waals surface area contributed by atoms with E-state index in [0.717, 1.165) is 25.8 Å². The summed E-state index contributed by atoms with van der Waals surface area (Å²) < 4.78 is 27.6. The van der Waals surface area contributed by atoms with E-state index in [1.807, 2.05) is 6.92 Å². The molecular weight excluding hydrogens is 256 g/mol. The zero-order chi connectivity index (χ0) is 15.0. The van der Waals surface area contributed by atoms with E-state index < -0.39 is 11.6 Å². The van der Waals surface area contributed by atoms with E-state index in [-0.39, 0.29) is 11.6 Å². The largest absolute Gasteiger partial charge is 0.314 e. The highest BCUT2D eigenvalue weighted by Gasteiger charge is 2.22. The van der Waals surface area contributed by atoms with Crippen LogP contribution in [0.15, 0.2) is 18.2 Å². The van der Waals surface area contributed by atoms with Crippen molar-refractivity contribution in [3.8, 4) is 0 Å². The van der Waals surface area contributed by atoms with E-state index in [2.05, 4.69) is 19.2 Å². The van der Waals surface area contributed by atoms with Gasteiger partial charge in [-0.1, -0.05) is 46.1 Å². The zero-order valence-electron chi connectivity index (χ0n) is 12.9. The highest BCUT2D eigenvalue weighted by atomic mass is 19.1. The van der Waals surface area contributed by atoms with Gasteiger partial charge in [-0.2, -0.15) is 0 Å². The molecule has 1 nitrogen and oxygen atoms in total. The van der Waals surface area contributed by atoms with Crippen molar-refractivity contribution in [2.75, 3.05) is 6.54 Å². The maximum atomic E-state index is 13.8. The Morgan fingerprint density at radius 3 is 2.25 bits per heavy atom. The molecule has 0 saturated carbocycles. The second kappa shape index (κ2) is 9.06. The van der Waals surface area contributed by atoms with Gasteiger partial charge in [-0.15, -0.1) is 0 Å². The molecule has 0 saturated heterocycles. The van der Waals surface area contributed by atoms with Crippen molar-refractivity contribution in [2.24, 2.45) is 5.92 Å². The van der Waals surface area contributed by atoms with Crippen LogP contribution in [0.25, 0.3) is 0 Å². The van der Waals surface area contributed by atoms with Crippen molar-refractivity contribution in [3.63, 3.8) is 0 Å². The summed E-state index contributed by atoms with van der Waals surface area (Å²) in [5.74, 6) is -0.398. The number of hydrogen-bond donors (Lipinski definition) is 1. The van der Waals surface area contributed by atoms with Crippen LogP contribution in [0.5, 0.6) is 0 Å². The minimum absolute atomic E-state index is 0.142. The van der Waals surface area contributed by atoms with Crippen LogP contribution in [0.4, 0.5) is 8.78 Å². The highest BCUT2D eigenvalue weighted by Crippen LogP contribution is 2.22. The standard InChI is InChI=1S/C17H27F2N/c1-4-7-9-13(5-2)17(20-6-3)12-14-15(18)10-8-11-16(14)19/h8,10-11,13,17,20H,4-7,9,12H2,1-3H3. The summed E-state index contributed by atoms with van der Waals surface area (Å²) in [5.41, 5.74) is 0.216. The molecule has 1 N–H and O–H groups in total. The van der Waals surface area contributed by atoms with E-state index in [4.69, 9.17) is 0 Å². The Labute approximate surface area is 121 Å². The van der Waals surface area contributed by atoms with Gasteiger partial charge in [0.05, 0.1) is 0 Å². The molecule has 1 aromatic rings. The third-order valence-electron chi connectivity index (χ3n) is 3.97. The van der Waals surface area contributed by atoms with Crippen LogP contribution in [0.2, 0.25) is 0 Å². The molecular formula is C17H27F2N. The Morgan fingerprint density at radius 1 is 1.10 bits per heavy atom. The fourth-order valence-electron chi connectivity index (χ4n) is 2.77. The summed E-state index contributed by atoms with van der Waals surface area (Å²) in [5, 5.41) is 3.41. The fraction of sp³-hybridized carbons (Fsp3) is 0.647. The molecule has 0 aliphatic heterocycles. The molecule has 0 spiro atoms. The van der Waals surface area contributed by atoms with Gasteiger partial charge < -0.3 is 5.32 Å². The summed E-state index contributed by atoms with van der Waals surface area (Å²) >= 11 is 0. The monoisotopic (exact) mass is 283 g/mol. The lowest BCUT2D eigenvalue weighted by Gasteiger charge is -2.27. The number of hydrogen-bond acceptors (Lipinski definition) is 1. The van der Waals surface area contributed by atoms with Crippen LogP contribution >= 0.6 is 0 Å². The van der Waals surface area contributed by atoms with E-state index in [0.29, 0.717) is 12.3 Å². The molecule has 0 aromatic heterocycles. The molecule has 1 rings (SSSR count). The predicted molar refractivity (Wildman–Crippen MR) is 80.8 cm³/mol. The van der Waals surface area contributed by atoms with Crippen LogP contribution in [0.1, 0.15) is 52.0 Å². The minimum Gasteiger partial charge on any atom is -0.314 e. The van der Waals surface area contributed by atoms with Gasteiger partial charge in [0.15, 0.2) is 0 Å². The van der Waals surface area contributed by atoms with Gasteiger partial charge in [-0.05, 0) is 37.4 Å². The summed E-state index contributed by atoms with van der Waals surface area (Å²) in [6, 6.07) is 4.25. The van der Waals surface area contributed by atoms with E-state index in [9.17, 15) is 8.78 Å². The highest BCUT2D eigenvalue weighted by molar-refractivity contribution is 5.21. The van der Waals surface area contributed by atoms with E-state index >= 15 is 0 Å². The number of nitrogens with one attached hydrogen (secondary N) is 1. The quantitative estimate of drug-likeness (QED) is 0.692. The number of benzene rings is 1. The van der Waals surface area contributed by atoms with Crippen LogP contribution in [-0.4, -0.2) is 12.6 Å². The van der Waals surface area contributed by atoms with Gasteiger partial charge in [0.2, 0.25) is 0 Å². The third kappa shape index (κ3) is 4.86. The Morgan fingerprint density at radius 2 is 1.75 bits per heavy atom. The van der Waals surface area contributed by atoms with Gasteiger partial charge in [0.1, 0.15) is 11.6 Å². The average molecular weight is 283 g/mol. The number of likely N-dealkylation sites (N-methyl/N-ethyl adjacent to an activating group) is 1. The van der Waals surface area contributed by atoms with Gasteiger partial charge in [0.25, 0.3) is 0 Å². The molecule has 0 bridgehead atoms.